The first-order chi connectivity index (χ1) is 10.8. The van der Waals surface area contributed by atoms with Gasteiger partial charge < -0.3 is 14.2 Å². The third kappa shape index (κ3) is 3.03. The first kappa shape index (κ1) is 14.8. The Morgan fingerprint density at radius 3 is 2.27 bits per heavy atom. The van der Waals surface area contributed by atoms with E-state index in [-0.39, 0.29) is 5.78 Å². The van der Waals surface area contributed by atoms with Crippen molar-refractivity contribution < 1.29 is 19.0 Å². The highest BCUT2D eigenvalue weighted by Crippen LogP contribution is 2.29. The molecule has 4 heteroatoms. The third-order valence-electron chi connectivity index (χ3n) is 3.74. The summed E-state index contributed by atoms with van der Waals surface area (Å²) in [6, 6.07) is 16.7. The van der Waals surface area contributed by atoms with Gasteiger partial charge in [0.05, 0.1) is 26.2 Å². The average Bonchev–Trinajstić information content (AvgIpc) is 3.10. The molecule has 114 valence electrons. The molecule has 1 fully saturated rings. The second-order valence-corrected chi connectivity index (χ2v) is 5.09. The van der Waals surface area contributed by atoms with Gasteiger partial charge in [-0.1, -0.05) is 30.3 Å². The third-order valence-corrected chi connectivity index (χ3v) is 3.74. The van der Waals surface area contributed by atoms with E-state index < -0.39 is 12.2 Å². The predicted octanol–water partition coefficient (Wildman–Crippen LogP) is 3.03. The second-order valence-electron chi connectivity index (χ2n) is 5.09. The molecule has 0 radical (unpaired) electrons. The monoisotopic (exact) mass is 298 g/mol. The molecule has 0 saturated carbocycles. The van der Waals surface area contributed by atoms with Crippen LogP contribution in [0.1, 0.15) is 21.8 Å². The Bertz CT molecular complexity index is 615. The largest absolute Gasteiger partial charge is 0.497 e. The number of ether oxygens (including phenoxy) is 3. The maximum Gasteiger partial charge on any atom is 0.175 e. The Morgan fingerprint density at radius 1 is 1.05 bits per heavy atom. The number of methoxy groups -OCH3 is 1. The quantitative estimate of drug-likeness (QED) is 0.796. The van der Waals surface area contributed by atoms with E-state index in [0.29, 0.717) is 18.8 Å². The molecule has 1 aliphatic heterocycles. The van der Waals surface area contributed by atoms with Gasteiger partial charge in [-0.3, -0.25) is 4.79 Å². The Balaban J connectivity index is 1.92. The SMILES string of the molecule is COc1ccc(C(=O)C(c2ccccc2)C2OCCO2)cc1. The Morgan fingerprint density at radius 2 is 1.68 bits per heavy atom. The standard InChI is InChI=1S/C18H18O4/c1-20-15-9-7-14(8-10-15)17(19)16(18-21-11-12-22-18)13-5-3-2-4-6-13/h2-10,16,18H,11-12H2,1H3. The molecule has 1 atom stereocenters. The number of rotatable bonds is 5. The summed E-state index contributed by atoms with van der Waals surface area (Å²) in [4.78, 5) is 12.9. The van der Waals surface area contributed by atoms with Crippen molar-refractivity contribution in [2.75, 3.05) is 20.3 Å². The molecule has 1 heterocycles. The van der Waals surface area contributed by atoms with Gasteiger partial charge in [-0.2, -0.15) is 0 Å². The molecule has 0 aromatic heterocycles. The molecule has 0 N–H and O–H groups in total. The lowest BCUT2D eigenvalue weighted by molar-refractivity contribution is -0.0536. The summed E-state index contributed by atoms with van der Waals surface area (Å²) in [5.41, 5.74) is 1.52. The fourth-order valence-corrected chi connectivity index (χ4v) is 2.60. The molecule has 2 aromatic carbocycles. The van der Waals surface area contributed by atoms with Crippen LogP contribution in [0.2, 0.25) is 0 Å². The summed E-state index contributed by atoms with van der Waals surface area (Å²) >= 11 is 0. The van der Waals surface area contributed by atoms with E-state index in [1.807, 2.05) is 30.3 Å². The van der Waals surface area contributed by atoms with Gasteiger partial charge in [0.1, 0.15) is 5.75 Å². The van der Waals surface area contributed by atoms with Crippen molar-refractivity contribution in [3.05, 3.63) is 65.7 Å². The van der Waals surface area contributed by atoms with Crippen LogP contribution in [0.5, 0.6) is 5.75 Å². The minimum absolute atomic E-state index is 0.0132. The number of carbonyl (C=O) groups is 1. The molecule has 0 spiro atoms. The summed E-state index contributed by atoms with van der Waals surface area (Å²) < 4.78 is 16.3. The Labute approximate surface area is 129 Å². The summed E-state index contributed by atoms with van der Waals surface area (Å²) in [6.45, 7) is 1.04. The zero-order valence-corrected chi connectivity index (χ0v) is 12.4. The molecular formula is C18H18O4. The smallest absolute Gasteiger partial charge is 0.175 e. The van der Waals surface area contributed by atoms with Crippen LogP contribution in [-0.2, 0) is 9.47 Å². The highest BCUT2D eigenvalue weighted by Gasteiger charge is 2.34. The van der Waals surface area contributed by atoms with E-state index in [9.17, 15) is 4.79 Å². The van der Waals surface area contributed by atoms with Crippen molar-refractivity contribution in [1.29, 1.82) is 0 Å². The van der Waals surface area contributed by atoms with Crippen LogP contribution < -0.4 is 4.74 Å². The molecule has 0 amide bonds. The maximum absolute atomic E-state index is 12.9. The number of hydrogen-bond donors (Lipinski definition) is 0. The summed E-state index contributed by atoms with van der Waals surface area (Å²) in [6.07, 6.45) is -0.531. The summed E-state index contributed by atoms with van der Waals surface area (Å²) in [5.74, 6) is 0.249. The molecule has 0 bridgehead atoms. The molecule has 1 aliphatic rings. The minimum Gasteiger partial charge on any atom is -0.497 e. The van der Waals surface area contributed by atoms with Crippen molar-refractivity contribution in [2.24, 2.45) is 0 Å². The van der Waals surface area contributed by atoms with E-state index in [1.165, 1.54) is 0 Å². The molecule has 3 rings (SSSR count). The lowest BCUT2D eigenvalue weighted by Crippen LogP contribution is -2.27. The number of carbonyl (C=O) groups excluding carboxylic acids is 1. The van der Waals surface area contributed by atoms with Gasteiger partial charge >= 0.3 is 0 Å². The van der Waals surface area contributed by atoms with E-state index >= 15 is 0 Å². The molecule has 2 aromatic rings. The van der Waals surface area contributed by atoms with Gasteiger partial charge in [0.15, 0.2) is 12.1 Å². The normalized spacial score (nSPS) is 16.4. The van der Waals surface area contributed by atoms with Crippen LogP contribution in [0.3, 0.4) is 0 Å². The van der Waals surface area contributed by atoms with Crippen molar-refractivity contribution in [3.8, 4) is 5.75 Å². The summed E-state index contributed by atoms with van der Waals surface area (Å²) in [7, 11) is 1.60. The van der Waals surface area contributed by atoms with Crippen LogP contribution in [0.15, 0.2) is 54.6 Å². The van der Waals surface area contributed by atoms with Crippen molar-refractivity contribution in [2.45, 2.75) is 12.2 Å². The summed E-state index contributed by atoms with van der Waals surface area (Å²) in [5, 5.41) is 0. The highest BCUT2D eigenvalue weighted by atomic mass is 16.7. The number of hydrogen-bond acceptors (Lipinski definition) is 4. The van der Waals surface area contributed by atoms with E-state index in [2.05, 4.69) is 0 Å². The minimum atomic E-state index is -0.531. The van der Waals surface area contributed by atoms with Crippen LogP contribution in [0.25, 0.3) is 0 Å². The predicted molar refractivity (Wildman–Crippen MR) is 82.2 cm³/mol. The highest BCUT2D eigenvalue weighted by molar-refractivity contribution is 6.01. The van der Waals surface area contributed by atoms with E-state index in [1.54, 1.807) is 31.4 Å². The molecule has 1 saturated heterocycles. The number of Topliss-reactive ketones (excluding diaryl/α,β-unsaturated/α-hetero) is 1. The van der Waals surface area contributed by atoms with Gasteiger partial charge in [0.25, 0.3) is 0 Å². The molecule has 4 nitrogen and oxygen atoms in total. The zero-order chi connectivity index (χ0) is 15.4. The number of benzene rings is 2. The van der Waals surface area contributed by atoms with Gasteiger partial charge in [-0.05, 0) is 29.8 Å². The Hall–Kier alpha value is -2.17. The molecule has 22 heavy (non-hydrogen) atoms. The molecule has 1 unspecified atom stereocenters. The van der Waals surface area contributed by atoms with E-state index in [4.69, 9.17) is 14.2 Å². The second kappa shape index (κ2) is 6.73. The number of ketones is 1. The van der Waals surface area contributed by atoms with Crippen molar-refractivity contribution >= 4 is 5.78 Å². The lowest BCUT2D eigenvalue weighted by atomic mass is 9.90. The topological polar surface area (TPSA) is 44.8 Å². The molecular weight excluding hydrogens is 280 g/mol. The van der Waals surface area contributed by atoms with Gasteiger partial charge in [0.2, 0.25) is 0 Å². The van der Waals surface area contributed by atoms with Crippen molar-refractivity contribution in [1.82, 2.24) is 0 Å². The van der Waals surface area contributed by atoms with Gasteiger partial charge in [-0.25, -0.2) is 0 Å². The zero-order valence-electron chi connectivity index (χ0n) is 12.4. The maximum atomic E-state index is 12.9. The molecule has 0 aliphatic carbocycles. The first-order valence-electron chi connectivity index (χ1n) is 7.26. The van der Waals surface area contributed by atoms with E-state index in [0.717, 1.165) is 11.3 Å². The van der Waals surface area contributed by atoms with Crippen molar-refractivity contribution in [3.63, 3.8) is 0 Å². The van der Waals surface area contributed by atoms with Crippen LogP contribution in [0.4, 0.5) is 0 Å². The van der Waals surface area contributed by atoms with Gasteiger partial charge in [0, 0.05) is 5.56 Å². The lowest BCUT2D eigenvalue weighted by Gasteiger charge is -2.21. The first-order valence-corrected chi connectivity index (χ1v) is 7.26. The average molecular weight is 298 g/mol. The van der Waals surface area contributed by atoms with Crippen LogP contribution in [0, 0.1) is 0 Å². The van der Waals surface area contributed by atoms with Crippen LogP contribution in [-0.4, -0.2) is 32.4 Å². The Kier molecular flexibility index (Phi) is 4.51. The fourth-order valence-electron chi connectivity index (χ4n) is 2.60. The fraction of sp³-hybridized carbons (Fsp3) is 0.278. The van der Waals surface area contributed by atoms with Crippen LogP contribution >= 0.6 is 0 Å². The van der Waals surface area contributed by atoms with Gasteiger partial charge in [-0.15, -0.1) is 0 Å².